The largest absolute Gasteiger partial charge is 0.480 e. The van der Waals surface area contributed by atoms with Crippen LogP contribution in [0.5, 0.6) is 5.88 Å². The normalized spacial score (nSPS) is 12.4. The summed E-state index contributed by atoms with van der Waals surface area (Å²) < 4.78 is 5.97. The number of aromatic nitrogens is 2. The number of thiophene rings is 1. The van der Waals surface area contributed by atoms with E-state index in [0.29, 0.717) is 5.88 Å². The van der Waals surface area contributed by atoms with Gasteiger partial charge in [-0.1, -0.05) is 0 Å². The zero-order valence-electron chi connectivity index (χ0n) is 9.05. The quantitative estimate of drug-likeness (QED) is 0.665. The maximum absolute atomic E-state index is 5.57. The molecule has 2 aromatic rings. The molecule has 2 heterocycles. The van der Waals surface area contributed by atoms with Gasteiger partial charge >= 0.3 is 0 Å². The van der Waals surface area contributed by atoms with Crippen molar-refractivity contribution in [3.05, 3.63) is 38.6 Å². The third-order valence-electron chi connectivity index (χ3n) is 2.29. The van der Waals surface area contributed by atoms with E-state index in [1.807, 2.05) is 16.8 Å². The summed E-state index contributed by atoms with van der Waals surface area (Å²) in [6.45, 7) is 0. The van der Waals surface area contributed by atoms with Crippen molar-refractivity contribution in [3.8, 4) is 5.88 Å². The SMILES string of the molecule is COc1ccc(C(NN)c2cscc2Br)nn1. The van der Waals surface area contributed by atoms with Crippen molar-refractivity contribution in [3.63, 3.8) is 0 Å². The van der Waals surface area contributed by atoms with Crippen molar-refractivity contribution in [2.45, 2.75) is 6.04 Å². The van der Waals surface area contributed by atoms with Crippen LogP contribution >= 0.6 is 27.3 Å². The summed E-state index contributed by atoms with van der Waals surface area (Å²) in [6, 6.07) is 3.40. The standard InChI is InChI=1S/C10H11BrN4OS/c1-16-9-3-2-8(14-15-9)10(13-12)6-4-17-5-7(6)11/h2-5,10,13H,12H2,1H3. The Labute approximate surface area is 111 Å². The lowest BCUT2D eigenvalue weighted by atomic mass is 10.1. The molecule has 17 heavy (non-hydrogen) atoms. The fourth-order valence-electron chi connectivity index (χ4n) is 1.42. The lowest BCUT2D eigenvalue weighted by Crippen LogP contribution is -2.29. The molecule has 0 saturated heterocycles. The highest BCUT2D eigenvalue weighted by Gasteiger charge is 2.18. The van der Waals surface area contributed by atoms with Gasteiger partial charge in [-0.15, -0.1) is 10.2 Å². The fourth-order valence-corrected chi connectivity index (χ4v) is 2.98. The van der Waals surface area contributed by atoms with E-state index in [0.717, 1.165) is 15.7 Å². The van der Waals surface area contributed by atoms with Gasteiger partial charge in [0.05, 0.1) is 18.8 Å². The van der Waals surface area contributed by atoms with Crippen LogP contribution in [-0.2, 0) is 0 Å². The van der Waals surface area contributed by atoms with E-state index in [4.69, 9.17) is 10.6 Å². The summed E-state index contributed by atoms with van der Waals surface area (Å²) in [4.78, 5) is 0. The summed E-state index contributed by atoms with van der Waals surface area (Å²) >= 11 is 5.07. The Morgan fingerprint density at radius 2 is 2.24 bits per heavy atom. The summed E-state index contributed by atoms with van der Waals surface area (Å²) in [6.07, 6.45) is 0. The topological polar surface area (TPSA) is 73.1 Å². The van der Waals surface area contributed by atoms with Crippen LogP contribution in [0.3, 0.4) is 0 Å². The van der Waals surface area contributed by atoms with Gasteiger partial charge in [0.1, 0.15) is 0 Å². The van der Waals surface area contributed by atoms with Gasteiger partial charge in [-0.05, 0) is 27.4 Å². The third-order valence-corrected chi connectivity index (χ3v) is 4.04. The molecule has 0 radical (unpaired) electrons. The number of nitrogens with two attached hydrogens (primary N) is 1. The number of halogens is 1. The van der Waals surface area contributed by atoms with Crippen LogP contribution in [0.4, 0.5) is 0 Å². The number of hydrogen-bond acceptors (Lipinski definition) is 6. The van der Waals surface area contributed by atoms with Crippen LogP contribution < -0.4 is 16.0 Å². The first-order chi connectivity index (χ1) is 8.26. The molecule has 90 valence electrons. The van der Waals surface area contributed by atoms with Gasteiger partial charge in [0.2, 0.25) is 5.88 Å². The van der Waals surface area contributed by atoms with Gasteiger partial charge in [0.25, 0.3) is 0 Å². The van der Waals surface area contributed by atoms with Crippen LogP contribution in [0.1, 0.15) is 17.3 Å². The molecule has 1 atom stereocenters. The van der Waals surface area contributed by atoms with E-state index in [2.05, 4.69) is 31.6 Å². The molecule has 3 N–H and O–H groups in total. The molecule has 0 aliphatic heterocycles. The number of hydrazine groups is 1. The Hall–Kier alpha value is -1.02. The molecule has 7 heteroatoms. The van der Waals surface area contributed by atoms with E-state index in [-0.39, 0.29) is 6.04 Å². The molecule has 0 amide bonds. The van der Waals surface area contributed by atoms with Crippen molar-refractivity contribution < 1.29 is 4.74 Å². The number of nitrogens with zero attached hydrogens (tertiary/aromatic N) is 2. The second-order valence-corrected chi connectivity index (χ2v) is 4.87. The first-order valence-electron chi connectivity index (χ1n) is 4.81. The van der Waals surface area contributed by atoms with Gasteiger partial charge < -0.3 is 4.74 Å². The third kappa shape index (κ3) is 2.63. The van der Waals surface area contributed by atoms with Gasteiger partial charge in [0, 0.05) is 21.5 Å². The Balaban J connectivity index is 2.32. The molecule has 2 aromatic heterocycles. The molecule has 0 bridgehead atoms. The number of nitrogens with one attached hydrogen (secondary N) is 1. The minimum Gasteiger partial charge on any atom is -0.480 e. The van der Waals surface area contributed by atoms with Gasteiger partial charge in [-0.25, -0.2) is 5.43 Å². The van der Waals surface area contributed by atoms with Crippen molar-refractivity contribution in [2.24, 2.45) is 5.84 Å². The second kappa shape index (κ2) is 5.54. The summed E-state index contributed by atoms with van der Waals surface area (Å²) in [5, 5.41) is 12.0. The van der Waals surface area contributed by atoms with Gasteiger partial charge in [-0.2, -0.15) is 11.3 Å². The number of methoxy groups -OCH3 is 1. The minimum atomic E-state index is -0.186. The first kappa shape index (κ1) is 12.4. The van der Waals surface area contributed by atoms with E-state index < -0.39 is 0 Å². The fraction of sp³-hybridized carbons (Fsp3) is 0.200. The minimum absolute atomic E-state index is 0.186. The van der Waals surface area contributed by atoms with Crippen LogP contribution in [0.2, 0.25) is 0 Å². The molecule has 0 aliphatic carbocycles. The molecule has 0 spiro atoms. The average Bonchev–Trinajstić information content (AvgIpc) is 2.78. The van der Waals surface area contributed by atoms with Crippen molar-refractivity contribution in [1.82, 2.24) is 15.6 Å². The molecule has 0 saturated carbocycles. The van der Waals surface area contributed by atoms with Crippen molar-refractivity contribution >= 4 is 27.3 Å². The highest BCUT2D eigenvalue weighted by molar-refractivity contribution is 9.10. The van der Waals surface area contributed by atoms with Gasteiger partial charge in [-0.3, -0.25) is 5.84 Å². The van der Waals surface area contributed by atoms with Crippen LogP contribution in [0.15, 0.2) is 27.4 Å². The van der Waals surface area contributed by atoms with Gasteiger partial charge in [0.15, 0.2) is 0 Å². The number of rotatable bonds is 4. The summed E-state index contributed by atoms with van der Waals surface area (Å²) in [5.41, 5.74) is 4.51. The second-order valence-electron chi connectivity index (χ2n) is 3.28. The number of hydrogen-bond donors (Lipinski definition) is 2. The highest BCUT2D eigenvalue weighted by Crippen LogP contribution is 2.30. The molecule has 0 fully saturated rings. The molecule has 2 rings (SSSR count). The maximum atomic E-state index is 5.57. The van der Waals surface area contributed by atoms with Crippen LogP contribution in [0, 0.1) is 0 Å². The summed E-state index contributed by atoms with van der Waals surface area (Å²) in [7, 11) is 1.55. The zero-order valence-corrected chi connectivity index (χ0v) is 11.5. The monoisotopic (exact) mass is 314 g/mol. The van der Waals surface area contributed by atoms with E-state index in [1.54, 1.807) is 24.5 Å². The van der Waals surface area contributed by atoms with Crippen LogP contribution in [-0.4, -0.2) is 17.3 Å². The Kier molecular flexibility index (Phi) is 4.06. The van der Waals surface area contributed by atoms with E-state index in [9.17, 15) is 0 Å². The Morgan fingerprint density at radius 3 is 2.71 bits per heavy atom. The van der Waals surface area contributed by atoms with Crippen LogP contribution in [0.25, 0.3) is 0 Å². The average molecular weight is 315 g/mol. The van der Waals surface area contributed by atoms with E-state index in [1.165, 1.54) is 0 Å². The molecule has 0 aromatic carbocycles. The smallest absolute Gasteiger partial charge is 0.233 e. The Morgan fingerprint density at radius 1 is 1.41 bits per heavy atom. The molecule has 1 unspecified atom stereocenters. The van der Waals surface area contributed by atoms with Crippen molar-refractivity contribution in [1.29, 1.82) is 0 Å². The lowest BCUT2D eigenvalue weighted by molar-refractivity contribution is 0.390. The molecular weight excluding hydrogens is 304 g/mol. The zero-order chi connectivity index (χ0) is 12.3. The molecule has 0 aliphatic rings. The molecular formula is C10H11BrN4OS. The van der Waals surface area contributed by atoms with Crippen molar-refractivity contribution in [2.75, 3.05) is 7.11 Å². The maximum Gasteiger partial charge on any atom is 0.233 e. The number of ether oxygens (including phenoxy) is 1. The van der Waals surface area contributed by atoms with E-state index >= 15 is 0 Å². The predicted octanol–water partition coefficient (Wildman–Crippen LogP) is 1.86. The predicted molar refractivity (Wildman–Crippen MR) is 69.8 cm³/mol. The lowest BCUT2D eigenvalue weighted by Gasteiger charge is -2.14. The first-order valence-corrected chi connectivity index (χ1v) is 6.55. The molecule has 5 nitrogen and oxygen atoms in total. The summed E-state index contributed by atoms with van der Waals surface area (Å²) in [5.74, 6) is 6.05. The highest BCUT2D eigenvalue weighted by atomic mass is 79.9. The Bertz CT molecular complexity index is 487.